The highest BCUT2D eigenvalue weighted by Crippen LogP contribution is 2.24. The molecule has 2 amide bonds. The van der Waals surface area contributed by atoms with Crippen LogP contribution in [0.15, 0.2) is 18.2 Å². The molecular formula is C17H24ClN3O2. The summed E-state index contributed by atoms with van der Waals surface area (Å²) in [7, 11) is 0. The molecular weight excluding hydrogens is 314 g/mol. The molecule has 2 aliphatic heterocycles. The lowest BCUT2D eigenvalue weighted by Crippen LogP contribution is -2.47. The topological polar surface area (TPSA) is 66.6 Å². The SMILES string of the molecule is Cc1ccc(N)cc1C(=O)N1CCC(N2CCCC2=O)CC1.Cl. The van der Waals surface area contributed by atoms with Crippen molar-refractivity contribution in [1.82, 2.24) is 9.80 Å². The molecule has 0 aromatic heterocycles. The Bertz CT molecular complexity index is 598. The summed E-state index contributed by atoms with van der Waals surface area (Å²) in [6, 6.07) is 5.77. The van der Waals surface area contributed by atoms with Crippen LogP contribution in [-0.4, -0.2) is 47.3 Å². The average Bonchev–Trinajstić information content (AvgIpc) is 2.95. The van der Waals surface area contributed by atoms with E-state index in [1.807, 2.05) is 28.9 Å². The van der Waals surface area contributed by atoms with Gasteiger partial charge in [0, 0.05) is 43.3 Å². The fourth-order valence-electron chi connectivity index (χ4n) is 3.48. The van der Waals surface area contributed by atoms with E-state index in [-0.39, 0.29) is 24.2 Å². The summed E-state index contributed by atoms with van der Waals surface area (Å²) in [6.07, 6.45) is 3.40. The lowest BCUT2D eigenvalue weighted by atomic mass is 10.0. The first-order valence-electron chi connectivity index (χ1n) is 8.01. The summed E-state index contributed by atoms with van der Waals surface area (Å²) >= 11 is 0. The monoisotopic (exact) mass is 337 g/mol. The third-order valence-corrected chi connectivity index (χ3v) is 4.79. The minimum atomic E-state index is 0. The molecule has 0 aliphatic carbocycles. The minimum Gasteiger partial charge on any atom is -0.399 e. The van der Waals surface area contributed by atoms with Crippen LogP contribution in [0.3, 0.4) is 0 Å². The quantitative estimate of drug-likeness (QED) is 0.841. The molecule has 0 saturated carbocycles. The highest BCUT2D eigenvalue weighted by molar-refractivity contribution is 5.96. The molecule has 2 saturated heterocycles. The van der Waals surface area contributed by atoms with Crippen molar-refractivity contribution >= 4 is 29.9 Å². The van der Waals surface area contributed by atoms with Crippen molar-refractivity contribution in [2.45, 2.75) is 38.6 Å². The van der Waals surface area contributed by atoms with Crippen LogP contribution in [0, 0.1) is 6.92 Å². The number of piperidine rings is 1. The first-order chi connectivity index (χ1) is 10.6. The largest absolute Gasteiger partial charge is 0.399 e. The third-order valence-electron chi connectivity index (χ3n) is 4.79. The molecule has 1 aromatic carbocycles. The van der Waals surface area contributed by atoms with Gasteiger partial charge in [-0.15, -0.1) is 12.4 Å². The zero-order chi connectivity index (χ0) is 15.7. The molecule has 6 heteroatoms. The number of nitrogens with two attached hydrogens (primary N) is 1. The van der Waals surface area contributed by atoms with Crippen LogP contribution in [0.25, 0.3) is 0 Å². The van der Waals surface area contributed by atoms with Gasteiger partial charge in [0.05, 0.1) is 0 Å². The summed E-state index contributed by atoms with van der Waals surface area (Å²) in [6.45, 7) is 4.23. The van der Waals surface area contributed by atoms with Gasteiger partial charge in [-0.3, -0.25) is 9.59 Å². The van der Waals surface area contributed by atoms with Gasteiger partial charge in [-0.25, -0.2) is 0 Å². The second-order valence-corrected chi connectivity index (χ2v) is 6.29. The van der Waals surface area contributed by atoms with E-state index in [0.717, 1.165) is 31.4 Å². The molecule has 2 aliphatic rings. The van der Waals surface area contributed by atoms with Crippen molar-refractivity contribution in [3.05, 3.63) is 29.3 Å². The maximum atomic E-state index is 12.7. The molecule has 23 heavy (non-hydrogen) atoms. The molecule has 0 spiro atoms. The number of carbonyl (C=O) groups excluding carboxylic acids is 2. The molecule has 0 bridgehead atoms. The van der Waals surface area contributed by atoms with Crippen molar-refractivity contribution in [2.24, 2.45) is 0 Å². The molecule has 2 N–H and O–H groups in total. The standard InChI is InChI=1S/C17H23N3O2.ClH/c1-12-4-5-13(18)11-15(12)17(22)19-9-6-14(7-10-19)20-8-2-3-16(20)21;/h4-5,11,14H,2-3,6-10,18H2,1H3;1H. The molecule has 5 nitrogen and oxygen atoms in total. The van der Waals surface area contributed by atoms with Gasteiger partial charge in [0.15, 0.2) is 0 Å². The predicted octanol–water partition coefficient (Wildman–Crippen LogP) is 2.23. The fourth-order valence-corrected chi connectivity index (χ4v) is 3.48. The lowest BCUT2D eigenvalue weighted by molar-refractivity contribution is -0.130. The summed E-state index contributed by atoms with van der Waals surface area (Å²) in [5.74, 6) is 0.326. The van der Waals surface area contributed by atoms with Crippen LogP contribution in [0.1, 0.15) is 41.6 Å². The lowest BCUT2D eigenvalue weighted by Gasteiger charge is -2.37. The molecule has 2 fully saturated rings. The molecule has 0 radical (unpaired) electrons. The van der Waals surface area contributed by atoms with E-state index in [1.165, 1.54) is 0 Å². The number of carbonyl (C=O) groups is 2. The van der Waals surface area contributed by atoms with Gasteiger partial charge in [-0.05, 0) is 43.9 Å². The Morgan fingerprint density at radius 2 is 1.91 bits per heavy atom. The summed E-state index contributed by atoms with van der Waals surface area (Å²) < 4.78 is 0. The van der Waals surface area contributed by atoms with Crippen LogP contribution in [0.4, 0.5) is 5.69 Å². The summed E-state index contributed by atoms with van der Waals surface area (Å²) in [5, 5.41) is 0. The Morgan fingerprint density at radius 1 is 1.22 bits per heavy atom. The number of nitrogen functional groups attached to an aromatic ring is 1. The number of halogens is 1. The van der Waals surface area contributed by atoms with Gasteiger partial charge in [0.25, 0.3) is 5.91 Å². The maximum Gasteiger partial charge on any atom is 0.254 e. The van der Waals surface area contributed by atoms with E-state index in [1.54, 1.807) is 6.07 Å². The van der Waals surface area contributed by atoms with Crippen LogP contribution in [-0.2, 0) is 4.79 Å². The maximum absolute atomic E-state index is 12.7. The van der Waals surface area contributed by atoms with Crippen LogP contribution >= 0.6 is 12.4 Å². The number of anilines is 1. The smallest absolute Gasteiger partial charge is 0.254 e. The Kier molecular flexibility index (Phi) is 5.52. The molecule has 126 valence electrons. The normalized spacial score (nSPS) is 18.9. The number of rotatable bonds is 2. The highest BCUT2D eigenvalue weighted by Gasteiger charge is 2.32. The van der Waals surface area contributed by atoms with Crippen molar-refractivity contribution in [3.8, 4) is 0 Å². The zero-order valence-corrected chi connectivity index (χ0v) is 14.3. The number of aryl methyl sites for hydroxylation is 1. The van der Waals surface area contributed by atoms with E-state index in [4.69, 9.17) is 5.73 Å². The van der Waals surface area contributed by atoms with E-state index >= 15 is 0 Å². The number of likely N-dealkylation sites (tertiary alicyclic amines) is 2. The number of benzene rings is 1. The number of amides is 2. The van der Waals surface area contributed by atoms with Crippen molar-refractivity contribution < 1.29 is 9.59 Å². The fraction of sp³-hybridized carbons (Fsp3) is 0.529. The minimum absolute atomic E-state index is 0. The molecule has 0 atom stereocenters. The molecule has 2 heterocycles. The van der Waals surface area contributed by atoms with Crippen LogP contribution in [0.2, 0.25) is 0 Å². The highest BCUT2D eigenvalue weighted by atomic mass is 35.5. The first-order valence-corrected chi connectivity index (χ1v) is 8.01. The first kappa shape index (κ1) is 17.6. The van der Waals surface area contributed by atoms with Gasteiger partial charge < -0.3 is 15.5 Å². The number of hydrogen-bond donors (Lipinski definition) is 1. The van der Waals surface area contributed by atoms with Gasteiger partial charge in [-0.1, -0.05) is 6.07 Å². The Balaban J connectivity index is 0.00000192. The molecule has 0 unspecified atom stereocenters. The number of hydrogen-bond acceptors (Lipinski definition) is 3. The van der Waals surface area contributed by atoms with E-state index in [9.17, 15) is 9.59 Å². The van der Waals surface area contributed by atoms with Crippen molar-refractivity contribution in [2.75, 3.05) is 25.4 Å². The predicted molar refractivity (Wildman–Crippen MR) is 92.7 cm³/mol. The Morgan fingerprint density at radius 3 is 2.52 bits per heavy atom. The molecule has 1 aromatic rings. The second-order valence-electron chi connectivity index (χ2n) is 6.29. The van der Waals surface area contributed by atoms with Crippen molar-refractivity contribution in [3.63, 3.8) is 0 Å². The Hall–Kier alpha value is -1.75. The Labute approximate surface area is 143 Å². The third kappa shape index (κ3) is 3.61. The van der Waals surface area contributed by atoms with Gasteiger partial charge in [0.1, 0.15) is 0 Å². The summed E-state index contributed by atoms with van der Waals surface area (Å²) in [5.41, 5.74) is 8.06. The van der Waals surface area contributed by atoms with Crippen LogP contribution in [0.5, 0.6) is 0 Å². The van der Waals surface area contributed by atoms with Gasteiger partial charge >= 0.3 is 0 Å². The van der Waals surface area contributed by atoms with E-state index in [2.05, 4.69) is 0 Å². The zero-order valence-electron chi connectivity index (χ0n) is 13.5. The van der Waals surface area contributed by atoms with Crippen molar-refractivity contribution in [1.29, 1.82) is 0 Å². The van der Waals surface area contributed by atoms with Crippen LogP contribution < -0.4 is 5.73 Å². The average molecular weight is 338 g/mol. The second kappa shape index (κ2) is 7.21. The van der Waals surface area contributed by atoms with E-state index < -0.39 is 0 Å². The van der Waals surface area contributed by atoms with E-state index in [0.29, 0.717) is 36.8 Å². The summed E-state index contributed by atoms with van der Waals surface area (Å²) in [4.78, 5) is 28.4. The van der Waals surface area contributed by atoms with Gasteiger partial charge in [-0.2, -0.15) is 0 Å². The molecule has 3 rings (SSSR count). The number of nitrogens with zero attached hydrogens (tertiary/aromatic N) is 2. The van der Waals surface area contributed by atoms with Gasteiger partial charge in [0.2, 0.25) is 5.91 Å².